The van der Waals surface area contributed by atoms with Crippen LogP contribution in [0.4, 0.5) is 9.93 Å². The van der Waals surface area contributed by atoms with Crippen molar-refractivity contribution in [1.82, 2.24) is 20.8 Å². The molecule has 0 unspecified atom stereocenters. The number of rotatable bonds is 13. The minimum atomic E-state index is -0.531. The smallest absolute Gasteiger partial charge is 0.407 e. The van der Waals surface area contributed by atoms with Crippen LogP contribution in [-0.4, -0.2) is 41.4 Å². The summed E-state index contributed by atoms with van der Waals surface area (Å²) in [6, 6.07) is 7.74. The molecule has 2 rings (SSSR count). The number of nitrogens with two attached hydrogens (primary N) is 2. The monoisotopic (exact) mass is 529 g/mol. The minimum Gasteiger partial charge on any atom is -0.444 e. The molecule has 0 aliphatic heterocycles. The number of amides is 2. The summed E-state index contributed by atoms with van der Waals surface area (Å²) < 4.78 is 5.24. The first-order valence-electron chi connectivity index (χ1n) is 12.3. The Labute approximate surface area is 222 Å². The maximum atomic E-state index is 12.5. The molecule has 0 bridgehead atoms. The van der Waals surface area contributed by atoms with Gasteiger partial charge in [-0.2, -0.15) is 0 Å². The van der Waals surface area contributed by atoms with E-state index < -0.39 is 11.7 Å². The number of anilines is 1. The molecule has 202 valence electrons. The van der Waals surface area contributed by atoms with E-state index in [1.165, 1.54) is 11.3 Å². The number of aromatic nitrogens is 2. The number of hydrogen-bond donors (Lipinski definition) is 5. The number of benzene rings is 1. The van der Waals surface area contributed by atoms with Crippen LogP contribution in [0.25, 0.3) is 0 Å². The number of alkyl carbamates (subject to hydrolysis) is 1. The molecule has 0 aliphatic rings. The van der Waals surface area contributed by atoms with Crippen molar-refractivity contribution in [2.24, 2.45) is 11.5 Å². The molecule has 0 radical (unpaired) electrons. The van der Waals surface area contributed by atoms with Crippen LogP contribution in [0.2, 0.25) is 0 Å². The number of unbranched alkanes of at least 4 members (excludes halogenated alkanes) is 1. The first-order chi connectivity index (χ1) is 17.5. The van der Waals surface area contributed by atoms with Crippen molar-refractivity contribution in [2.45, 2.75) is 64.9 Å². The number of aryl methyl sites for hydroxylation is 1. The van der Waals surface area contributed by atoms with Gasteiger partial charge in [0.1, 0.15) is 10.6 Å². The summed E-state index contributed by atoms with van der Waals surface area (Å²) in [6.07, 6.45) is 7.34. The van der Waals surface area contributed by atoms with Crippen molar-refractivity contribution in [1.29, 1.82) is 0 Å². The summed E-state index contributed by atoms with van der Waals surface area (Å²) in [5.74, 6) is 0.408. The van der Waals surface area contributed by atoms with Crippen LogP contribution in [0, 0.1) is 0 Å². The van der Waals surface area contributed by atoms with Crippen LogP contribution in [0.3, 0.4) is 0 Å². The quantitative estimate of drug-likeness (QED) is 0.195. The van der Waals surface area contributed by atoms with Gasteiger partial charge in [-0.1, -0.05) is 35.6 Å². The topological polar surface area (TPSA) is 157 Å². The number of allylic oxidation sites excluding steroid dienone is 3. The van der Waals surface area contributed by atoms with Gasteiger partial charge in [0.15, 0.2) is 0 Å². The second-order valence-corrected chi connectivity index (χ2v) is 10.6. The molecule has 0 fully saturated rings. The molecule has 37 heavy (non-hydrogen) atoms. The van der Waals surface area contributed by atoms with Crippen molar-refractivity contribution >= 4 is 28.5 Å². The Morgan fingerprint density at radius 1 is 1.08 bits per heavy atom. The molecule has 0 atom stereocenters. The molecular weight excluding hydrogens is 490 g/mol. The summed E-state index contributed by atoms with van der Waals surface area (Å²) >= 11 is 1.38. The molecule has 0 saturated carbocycles. The minimum absolute atomic E-state index is 0.154. The molecule has 0 saturated heterocycles. The third kappa shape index (κ3) is 12.8. The second-order valence-electron chi connectivity index (χ2n) is 9.55. The zero-order chi connectivity index (χ0) is 27.3. The van der Waals surface area contributed by atoms with E-state index in [4.69, 9.17) is 16.2 Å². The number of ether oxygens (including phenoxy) is 1. The van der Waals surface area contributed by atoms with Crippen molar-refractivity contribution in [3.05, 3.63) is 64.1 Å². The predicted octanol–water partition coefficient (Wildman–Crippen LogP) is 3.36. The summed E-state index contributed by atoms with van der Waals surface area (Å²) in [5.41, 5.74) is 13.8. The largest absolute Gasteiger partial charge is 0.444 e. The number of nitrogens with zero attached hydrogens (tertiary/aromatic N) is 2. The highest BCUT2D eigenvalue weighted by Gasteiger charge is 2.15. The predicted molar refractivity (Wildman–Crippen MR) is 148 cm³/mol. The number of nitrogens with one attached hydrogen (secondary N) is 3. The maximum Gasteiger partial charge on any atom is 0.407 e. The van der Waals surface area contributed by atoms with Crippen molar-refractivity contribution in [2.75, 3.05) is 18.9 Å². The van der Waals surface area contributed by atoms with E-state index in [0.717, 1.165) is 47.5 Å². The SMILES string of the molecule is CN/C(N)=C/C=C(\N)CCCCc1nnc(NC(=O)Cc2cccc(CCNC(=O)OC(C)(C)C)c2)s1. The lowest BCUT2D eigenvalue weighted by molar-refractivity contribution is -0.115. The highest BCUT2D eigenvalue weighted by molar-refractivity contribution is 7.15. The molecule has 2 aromatic rings. The summed E-state index contributed by atoms with van der Waals surface area (Å²) in [4.78, 5) is 24.3. The van der Waals surface area contributed by atoms with Crippen LogP contribution in [0.15, 0.2) is 47.9 Å². The van der Waals surface area contributed by atoms with E-state index in [9.17, 15) is 9.59 Å². The van der Waals surface area contributed by atoms with Crippen LogP contribution in [0.5, 0.6) is 0 Å². The van der Waals surface area contributed by atoms with Crippen molar-refractivity contribution in [3.63, 3.8) is 0 Å². The van der Waals surface area contributed by atoms with Gasteiger partial charge in [0.2, 0.25) is 11.0 Å². The van der Waals surface area contributed by atoms with Crippen LogP contribution in [-0.2, 0) is 28.8 Å². The Morgan fingerprint density at radius 3 is 2.57 bits per heavy atom. The van der Waals surface area contributed by atoms with Gasteiger partial charge in [-0.3, -0.25) is 4.79 Å². The van der Waals surface area contributed by atoms with Gasteiger partial charge < -0.3 is 32.2 Å². The Morgan fingerprint density at radius 2 is 1.84 bits per heavy atom. The molecule has 11 heteroatoms. The van der Waals surface area contributed by atoms with E-state index in [2.05, 4.69) is 26.1 Å². The fraction of sp³-hybridized carbons (Fsp3) is 0.462. The number of carbonyl (C=O) groups excluding carboxylic acids is 2. The molecule has 7 N–H and O–H groups in total. The van der Waals surface area contributed by atoms with Crippen molar-refractivity contribution in [3.8, 4) is 0 Å². The fourth-order valence-corrected chi connectivity index (χ4v) is 4.04. The first-order valence-corrected chi connectivity index (χ1v) is 13.1. The Hall–Kier alpha value is -3.60. The summed E-state index contributed by atoms with van der Waals surface area (Å²) in [6.45, 7) is 5.92. The van der Waals surface area contributed by atoms with E-state index in [-0.39, 0.29) is 12.3 Å². The Balaban J connectivity index is 1.73. The number of carbonyl (C=O) groups is 2. The Bertz CT molecular complexity index is 1090. The van der Waals surface area contributed by atoms with Gasteiger partial charge in [-0.25, -0.2) is 4.79 Å². The summed E-state index contributed by atoms with van der Waals surface area (Å²) in [7, 11) is 1.75. The van der Waals surface area contributed by atoms with Crippen molar-refractivity contribution < 1.29 is 14.3 Å². The highest BCUT2D eigenvalue weighted by Crippen LogP contribution is 2.18. The molecule has 2 amide bonds. The maximum absolute atomic E-state index is 12.5. The molecule has 1 heterocycles. The zero-order valence-electron chi connectivity index (χ0n) is 22.1. The third-order valence-electron chi connectivity index (χ3n) is 5.02. The third-order valence-corrected chi connectivity index (χ3v) is 5.92. The molecule has 0 aliphatic carbocycles. The van der Waals surface area contributed by atoms with E-state index in [1.54, 1.807) is 19.2 Å². The molecule has 1 aromatic heterocycles. The normalized spacial score (nSPS) is 12.2. The fourth-order valence-electron chi connectivity index (χ4n) is 3.24. The average Bonchev–Trinajstić information content (AvgIpc) is 3.26. The van der Waals surface area contributed by atoms with Gasteiger partial charge in [0.05, 0.1) is 12.2 Å². The average molecular weight is 530 g/mol. The lowest BCUT2D eigenvalue weighted by Gasteiger charge is -2.19. The van der Waals surface area contributed by atoms with E-state index in [1.807, 2.05) is 45.0 Å². The van der Waals surface area contributed by atoms with E-state index >= 15 is 0 Å². The molecular formula is C26H39N7O3S. The van der Waals surface area contributed by atoms with E-state index in [0.29, 0.717) is 23.9 Å². The van der Waals surface area contributed by atoms with Gasteiger partial charge in [-0.15, -0.1) is 10.2 Å². The van der Waals surface area contributed by atoms with Gasteiger partial charge in [0, 0.05) is 25.7 Å². The van der Waals surface area contributed by atoms with Crippen LogP contribution >= 0.6 is 11.3 Å². The first kappa shape index (κ1) is 29.6. The number of hydrogen-bond acceptors (Lipinski definition) is 9. The Kier molecular flexibility index (Phi) is 11.9. The lowest BCUT2D eigenvalue weighted by atomic mass is 10.1. The second kappa shape index (κ2) is 14.8. The van der Waals surface area contributed by atoms with Gasteiger partial charge in [0.25, 0.3) is 0 Å². The molecule has 0 spiro atoms. The highest BCUT2D eigenvalue weighted by atomic mass is 32.1. The molecule has 10 nitrogen and oxygen atoms in total. The summed E-state index contributed by atoms with van der Waals surface area (Å²) in [5, 5.41) is 18.0. The van der Waals surface area contributed by atoms with Gasteiger partial charge >= 0.3 is 6.09 Å². The molecule has 1 aromatic carbocycles. The lowest BCUT2D eigenvalue weighted by Crippen LogP contribution is -2.33. The van der Waals surface area contributed by atoms with Crippen LogP contribution < -0.4 is 27.4 Å². The zero-order valence-corrected chi connectivity index (χ0v) is 22.9. The van der Waals surface area contributed by atoms with Gasteiger partial charge in [-0.05, 0) is 69.7 Å². The van der Waals surface area contributed by atoms with Crippen LogP contribution in [0.1, 0.15) is 56.2 Å². The standard InChI is InChI=1S/C26H39N7O3S/c1-26(2,3)36-25(35)30-15-14-18-8-7-9-19(16-18)17-22(34)31-24-33-32-23(37-24)11-6-5-10-20(27)12-13-21(28)29-4/h7-9,12-13,16,29H,5-6,10-11,14-15,17,27-28H2,1-4H3,(H,30,35)(H,31,33,34)/b20-12-,21-13+.